The fourth-order valence-electron chi connectivity index (χ4n) is 3.87. The maximum absolute atomic E-state index is 13.3. The number of aromatic nitrogens is 2. The second-order valence-electron chi connectivity index (χ2n) is 7.46. The molecule has 0 unspecified atom stereocenters. The van der Waals surface area contributed by atoms with E-state index in [0.29, 0.717) is 28.0 Å². The molecule has 0 N–H and O–H groups in total. The first-order valence-electron chi connectivity index (χ1n) is 10.1. The van der Waals surface area contributed by atoms with Crippen molar-refractivity contribution in [2.24, 2.45) is 5.10 Å². The van der Waals surface area contributed by atoms with Crippen molar-refractivity contribution in [3.63, 3.8) is 0 Å². The molecule has 7 heteroatoms. The van der Waals surface area contributed by atoms with Crippen LogP contribution in [0, 0.1) is 0 Å². The zero-order chi connectivity index (χ0) is 21.1. The van der Waals surface area contributed by atoms with Crippen LogP contribution >= 0.6 is 15.9 Å². The molecule has 6 nitrogen and oxygen atoms in total. The molecule has 4 rings (SSSR count). The Labute approximate surface area is 182 Å². The van der Waals surface area contributed by atoms with Crippen molar-refractivity contribution in [2.45, 2.75) is 44.9 Å². The molecular formula is C23H22BrN3O3. The highest BCUT2D eigenvalue weighted by Gasteiger charge is 2.22. The van der Waals surface area contributed by atoms with E-state index in [-0.39, 0.29) is 11.5 Å². The van der Waals surface area contributed by atoms with E-state index in [2.05, 4.69) is 21.0 Å². The van der Waals surface area contributed by atoms with Gasteiger partial charge in [-0.15, -0.1) is 0 Å². The van der Waals surface area contributed by atoms with E-state index in [1.165, 1.54) is 18.0 Å². The van der Waals surface area contributed by atoms with Gasteiger partial charge in [-0.25, -0.2) is 4.98 Å². The van der Waals surface area contributed by atoms with E-state index >= 15 is 0 Å². The minimum absolute atomic E-state index is 0.193. The lowest BCUT2D eigenvalue weighted by Gasteiger charge is -2.22. The Morgan fingerprint density at radius 3 is 2.73 bits per heavy atom. The van der Waals surface area contributed by atoms with Crippen LogP contribution in [-0.4, -0.2) is 21.8 Å². The molecule has 0 atom stereocenters. The van der Waals surface area contributed by atoms with Gasteiger partial charge >= 0.3 is 5.97 Å². The number of rotatable bonds is 4. The topological polar surface area (TPSA) is 73.5 Å². The smallest absolute Gasteiger partial charge is 0.308 e. The van der Waals surface area contributed by atoms with Gasteiger partial charge in [0.25, 0.3) is 5.56 Å². The van der Waals surface area contributed by atoms with Crippen LogP contribution in [0.1, 0.15) is 56.3 Å². The van der Waals surface area contributed by atoms with Gasteiger partial charge in [-0.1, -0.05) is 47.3 Å². The number of carbonyl (C=O) groups is 1. The fourth-order valence-corrected chi connectivity index (χ4v) is 4.24. The van der Waals surface area contributed by atoms with Crippen LogP contribution in [-0.2, 0) is 4.79 Å². The Hall–Kier alpha value is -2.80. The van der Waals surface area contributed by atoms with Crippen molar-refractivity contribution in [2.75, 3.05) is 0 Å². The molecule has 1 fully saturated rings. The molecule has 2 aromatic carbocycles. The molecule has 1 aliphatic rings. The molecule has 1 aliphatic carbocycles. The minimum Gasteiger partial charge on any atom is -0.426 e. The summed E-state index contributed by atoms with van der Waals surface area (Å²) >= 11 is 3.43. The molecule has 1 saturated carbocycles. The molecule has 0 aliphatic heterocycles. The first-order chi connectivity index (χ1) is 14.5. The molecule has 0 radical (unpaired) electrons. The highest BCUT2D eigenvalue weighted by Crippen LogP contribution is 2.32. The van der Waals surface area contributed by atoms with Gasteiger partial charge in [-0.3, -0.25) is 9.59 Å². The number of para-hydroxylation sites is 1. The SMILES string of the molecule is CC(=O)Oc1ccc(Br)cc1C=Nn1c(C2CCCCC2)nc2ccccc2c1=O. The number of hydrogen-bond acceptors (Lipinski definition) is 5. The van der Waals surface area contributed by atoms with Gasteiger partial charge in [0.1, 0.15) is 11.6 Å². The van der Waals surface area contributed by atoms with Crippen LogP contribution in [0.25, 0.3) is 10.9 Å². The summed E-state index contributed by atoms with van der Waals surface area (Å²) in [5.74, 6) is 0.859. The predicted molar refractivity (Wildman–Crippen MR) is 120 cm³/mol. The normalized spacial score (nSPS) is 15.0. The Bertz CT molecular complexity index is 1180. The van der Waals surface area contributed by atoms with E-state index in [0.717, 1.165) is 30.2 Å². The Balaban J connectivity index is 1.84. The zero-order valence-corrected chi connectivity index (χ0v) is 18.3. The Morgan fingerprint density at radius 2 is 1.97 bits per heavy atom. The van der Waals surface area contributed by atoms with Crippen molar-refractivity contribution < 1.29 is 9.53 Å². The largest absolute Gasteiger partial charge is 0.426 e. The molecule has 0 amide bonds. The van der Waals surface area contributed by atoms with Gasteiger partial charge in [0, 0.05) is 22.9 Å². The lowest BCUT2D eigenvalue weighted by atomic mass is 9.88. The van der Waals surface area contributed by atoms with Crippen LogP contribution in [0.5, 0.6) is 5.75 Å². The summed E-state index contributed by atoms with van der Waals surface area (Å²) in [6.45, 7) is 1.35. The average molecular weight is 468 g/mol. The van der Waals surface area contributed by atoms with Gasteiger partial charge in [0.2, 0.25) is 0 Å². The van der Waals surface area contributed by atoms with E-state index < -0.39 is 5.97 Å². The summed E-state index contributed by atoms with van der Waals surface area (Å²) in [6.07, 6.45) is 7.00. The zero-order valence-electron chi connectivity index (χ0n) is 16.7. The number of fused-ring (bicyclic) bond motifs is 1. The molecule has 0 spiro atoms. The number of ether oxygens (including phenoxy) is 1. The summed E-state index contributed by atoms with van der Waals surface area (Å²) in [4.78, 5) is 29.5. The number of carbonyl (C=O) groups excluding carboxylic acids is 1. The third kappa shape index (κ3) is 4.36. The first kappa shape index (κ1) is 20.5. The maximum atomic E-state index is 13.3. The predicted octanol–water partition coefficient (Wildman–Crippen LogP) is 5.01. The molecule has 30 heavy (non-hydrogen) atoms. The van der Waals surface area contributed by atoms with Gasteiger partial charge in [-0.05, 0) is 43.2 Å². The van der Waals surface area contributed by atoms with Crippen molar-refractivity contribution in [3.8, 4) is 5.75 Å². The lowest BCUT2D eigenvalue weighted by molar-refractivity contribution is -0.131. The van der Waals surface area contributed by atoms with Gasteiger partial charge in [0.05, 0.1) is 17.1 Å². The minimum atomic E-state index is -0.417. The standard InChI is InChI=1S/C23H22BrN3O3/c1-15(28)30-21-12-11-18(24)13-17(21)14-25-27-22(16-7-3-2-4-8-16)26-20-10-6-5-9-19(20)23(27)29/h5-6,9-14,16H,2-4,7-8H2,1H3. The third-order valence-electron chi connectivity index (χ3n) is 5.29. The summed E-state index contributed by atoms with van der Waals surface area (Å²) in [7, 11) is 0. The molecule has 3 aromatic rings. The number of benzene rings is 2. The molecule has 0 saturated heterocycles. The molecule has 154 valence electrons. The second kappa shape index (κ2) is 8.92. The van der Waals surface area contributed by atoms with Crippen molar-refractivity contribution in [1.29, 1.82) is 0 Å². The van der Waals surface area contributed by atoms with Gasteiger partial charge in [0.15, 0.2) is 0 Å². The van der Waals surface area contributed by atoms with Crippen LogP contribution in [0.15, 0.2) is 56.8 Å². The van der Waals surface area contributed by atoms with E-state index in [9.17, 15) is 9.59 Å². The number of halogens is 1. The molecule has 1 aromatic heterocycles. The molecule has 1 heterocycles. The van der Waals surface area contributed by atoms with Gasteiger partial charge in [-0.2, -0.15) is 9.78 Å². The fraction of sp³-hybridized carbons (Fsp3) is 0.304. The quantitative estimate of drug-likeness (QED) is 0.307. The van der Waals surface area contributed by atoms with Crippen LogP contribution < -0.4 is 10.3 Å². The van der Waals surface area contributed by atoms with Crippen molar-refractivity contribution in [1.82, 2.24) is 9.66 Å². The monoisotopic (exact) mass is 467 g/mol. The third-order valence-corrected chi connectivity index (χ3v) is 5.78. The molecule has 0 bridgehead atoms. The van der Waals surface area contributed by atoms with Crippen molar-refractivity contribution in [3.05, 3.63) is 68.7 Å². The number of hydrogen-bond donors (Lipinski definition) is 0. The summed E-state index contributed by atoms with van der Waals surface area (Å²) in [5.41, 5.74) is 1.09. The number of esters is 1. The van der Waals surface area contributed by atoms with E-state index in [1.807, 2.05) is 18.2 Å². The lowest BCUT2D eigenvalue weighted by Crippen LogP contribution is -2.25. The summed E-state index contributed by atoms with van der Waals surface area (Å²) in [5, 5.41) is 5.05. The van der Waals surface area contributed by atoms with Crippen LogP contribution in [0.2, 0.25) is 0 Å². The molecular weight excluding hydrogens is 446 g/mol. The van der Waals surface area contributed by atoms with E-state index in [4.69, 9.17) is 9.72 Å². The van der Waals surface area contributed by atoms with Crippen molar-refractivity contribution >= 4 is 39.0 Å². The Morgan fingerprint density at radius 1 is 1.20 bits per heavy atom. The highest BCUT2D eigenvalue weighted by atomic mass is 79.9. The average Bonchev–Trinajstić information content (AvgIpc) is 2.75. The summed E-state index contributed by atoms with van der Waals surface area (Å²) in [6, 6.07) is 12.6. The van der Waals surface area contributed by atoms with Crippen LogP contribution in [0.3, 0.4) is 0 Å². The highest BCUT2D eigenvalue weighted by molar-refractivity contribution is 9.10. The number of nitrogens with zero attached hydrogens (tertiary/aromatic N) is 3. The van der Waals surface area contributed by atoms with E-state index in [1.54, 1.807) is 30.5 Å². The maximum Gasteiger partial charge on any atom is 0.308 e. The summed E-state index contributed by atoms with van der Waals surface area (Å²) < 4.78 is 7.51. The second-order valence-corrected chi connectivity index (χ2v) is 8.38. The Kier molecular flexibility index (Phi) is 6.08. The van der Waals surface area contributed by atoms with Crippen LogP contribution in [0.4, 0.5) is 0 Å². The first-order valence-corrected chi connectivity index (χ1v) is 10.9. The van der Waals surface area contributed by atoms with Gasteiger partial charge < -0.3 is 4.74 Å².